The van der Waals surface area contributed by atoms with Gasteiger partial charge in [-0.2, -0.15) is 13.2 Å². The Morgan fingerprint density at radius 2 is 1.52 bits per heavy atom. The second-order valence-electron chi connectivity index (χ2n) is 9.76. The maximum atomic E-state index is 12.8. The predicted octanol–water partition coefficient (Wildman–Crippen LogP) is 4.84. The van der Waals surface area contributed by atoms with E-state index in [1.165, 1.54) is 32.1 Å². The number of rotatable bonds is 7. The van der Waals surface area contributed by atoms with Crippen molar-refractivity contribution in [3.63, 3.8) is 0 Å². The standard InChI is InChI=1S/C25H33N3O4S.C2HF3O2/c1-2-19-8-11-22(12-9-19)33(31,32)26-24-13-10-21(18-23(24)25(29)30)28-16-14-27(15-17-28)20-6-4-3-5-7-20;3-2(4,5)1(6)7/h8-13,18,20,26H,2-7,14-17H2,1H3,(H,29,30);(H,6,7). The minimum Gasteiger partial charge on any atom is -0.478 e. The molecular formula is C27H34F3N3O6S. The van der Waals surface area contributed by atoms with Crippen LogP contribution in [0.25, 0.3) is 0 Å². The van der Waals surface area contributed by atoms with Crippen molar-refractivity contribution in [1.82, 2.24) is 4.90 Å². The number of anilines is 2. The van der Waals surface area contributed by atoms with Crippen molar-refractivity contribution in [2.75, 3.05) is 35.8 Å². The van der Waals surface area contributed by atoms with Crippen LogP contribution in [-0.4, -0.2) is 73.9 Å². The third kappa shape index (κ3) is 8.34. The van der Waals surface area contributed by atoms with Gasteiger partial charge in [-0.15, -0.1) is 0 Å². The Morgan fingerprint density at radius 3 is 2.02 bits per heavy atom. The summed E-state index contributed by atoms with van der Waals surface area (Å²) in [4.78, 5) is 25.7. The van der Waals surface area contributed by atoms with Gasteiger partial charge in [0.25, 0.3) is 10.0 Å². The lowest BCUT2D eigenvalue weighted by Gasteiger charge is -2.41. The molecule has 0 amide bonds. The van der Waals surface area contributed by atoms with Gasteiger partial charge < -0.3 is 15.1 Å². The summed E-state index contributed by atoms with van der Waals surface area (Å²) in [7, 11) is -3.89. The average Bonchev–Trinajstić information content (AvgIpc) is 2.93. The lowest BCUT2D eigenvalue weighted by molar-refractivity contribution is -0.192. The number of aryl methyl sites for hydroxylation is 1. The zero-order chi connectivity index (χ0) is 29.5. The van der Waals surface area contributed by atoms with E-state index in [-0.39, 0.29) is 16.1 Å². The highest BCUT2D eigenvalue weighted by Crippen LogP contribution is 2.28. The van der Waals surface area contributed by atoms with E-state index in [4.69, 9.17) is 9.90 Å². The summed E-state index contributed by atoms with van der Waals surface area (Å²) in [6, 6.07) is 12.2. The van der Waals surface area contributed by atoms with Gasteiger partial charge in [0.05, 0.1) is 16.1 Å². The molecule has 2 aromatic rings. The predicted molar refractivity (Wildman–Crippen MR) is 144 cm³/mol. The number of hydrogen-bond donors (Lipinski definition) is 3. The van der Waals surface area contributed by atoms with E-state index in [0.29, 0.717) is 6.04 Å². The molecule has 0 bridgehead atoms. The smallest absolute Gasteiger partial charge is 0.478 e. The van der Waals surface area contributed by atoms with Crippen LogP contribution in [-0.2, 0) is 21.2 Å². The van der Waals surface area contributed by atoms with Crippen LogP contribution in [0.1, 0.15) is 54.9 Å². The number of carbonyl (C=O) groups is 2. The monoisotopic (exact) mass is 585 g/mol. The lowest BCUT2D eigenvalue weighted by Crippen LogP contribution is -2.50. The number of alkyl halides is 3. The van der Waals surface area contributed by atoms with Gasteiger partial charge in [0.15, 0.2) is 0 Å². The lowest BCUT2D eigenvalue weighted by atomic mass is 9.94. The molecule has 0 unspecified atom stereocenters. The molecule has 1 aliphatic heterocycles. The van der Waals surface area contributed by atoms with E-state index in [0.717, 1.165) is 43.9 Å². The molecule has 1 heterocycles. The molecule has 1 saturated carbocycles. The fourth-order valence-electron chi connectivity index (χ4n) is 4.89. The highest BCUT2D eigenvalue weighted by Gasteiger charge is 2.38. The number of piperazine rings is 1. The highest BCUT2D eigenvalue weighted by atomic mass is 32.2. The number of carboxylic acids is 2. The highest BCUT2D eigenvalue weighted by molar-refractivity contribution is 7.92. The second-order valence-corrected chi connectivity index (χ2v) is 11.4. The maximum absolute atomic E-state index is 12.8. The SMILES string of the molecule is CCc1ccc(S(=O)(=O)Nc2ccc(N3CCN(C4CCCCC4)CC3)cc2C(=O)O)cc1.O=C(O)C(F)(F)F. The van der Waals surface area contributed by atoms with Crippen LogP contribution in [0.4, 0.5) is 24.5 Å². The first-order chi connectivity index (χ1) is 18.8. The average molecular weight is 586 g/mol. The number of nitrogens with zero attached hydrogens (tertiary/aromatic N) is 2. The maximum Gasteiger partial charge on any atom is 0.490 e. The molecule has 2 aliphatic rings. The molecule has 0 atom stereocenters. The van der Waals surface area contributed by atoms with Gasteiger partial charge >= 0.3 is 18.1 Å². The summed E-state index contributed by atoms with van der Waals surface area (Å²) >= 11 is 0. The molecule has 3 N–H and O–H groups in total. The van der Waals surface area contributed by atoms with E-state index in [9.17, 15) is 31.5 Å². The summed E-state index contributed by atoms with van der Waals surface area (Å²) < 4.78 is 59.9. The number of aromatic carboxylic acids is 1. The Labute approximate surface area is 231 Å². The largest absolute Gasteiger partial charge is 0.490 e. The van der Waals surface area contributed by atoms with Gasteiger partial charge in [-0.05, 0) is 55.2 Å². The second kappa shape index (κ2) is 13.4. The molecule has 2 fully saturated rings. The minimum atomic E-state index is -5.08. The Kier molecular flexibility index (Phi) is 10.4. The van der Waals surface area contributed by atoms with Crippen LogP contribution in [0.15, 0.2) is 47.4 Å². The number of carboxylic acid groups (broad SMARTS) is 2. The van der Waals surface area contributed by atoms with Gasteiger partial charge in [-0.25, -0.2) is 18.0 Å². The van der Waals surface area contributed by atoms with Crippen molar-refractivity contribution in [3.8, 4) is 0 Å². The Balaban J connectivity index is 0.000000559. The van der Waals surface area contributed by atoms with Gasteiger partial charge in [0.2, 0.25) is 0 Å². The van der Waals surface area contributed by atoms with Crippen LogP contribution < -0.4 is 9.62 Å². The quantitative estimate of drug-likeness (QED) is 0.422. The Morgan fingerprint density at radius 1 is 0.950 bits per heavy atom. The number of aliphatic carboxylic acids is 1. The molecule has 4 rings (SSSR count). The molecular weight excluding hydrogens is 551 g/mol. The number of sulfonamides is 1. The first-order valence-corrected chi connectivity index (χ1v) is 14.6. The molecule has 1 aliphatic carbocycles. The Hall–Kier alpha value is -3.32. The van der Waals surface area contributed by atoms with Crippen molar-refractivity contribution in [3.05, 3.63) is 53.6 Å². The molecule has 1 saturated heterocycles. The van der Waals surface area contributed by atoms with E-state index >= 15 is 0 Å². The first-order valence-electron chi connectivity index (χ1n) is 13.1. The zero-order valence-corrected chi connectivity index (χ0v) is 23.0. The fraction of sp³-hybridized carbons (Fsp3) is 0.481. The summed E-state index contributed by atoms with van der Waals surface area (Å²) in [5, 5.41) is 16.9. The molecule has 0 radical (unpaired) electrons. The van der Waals surface area contributed by atoms with Gasteiger partial charge in [-0.3, -0.25) is 9.62 Å². The van der Waals surface area contributed by atoms with Crippen molar-refractivity contribution < 1.29 is 41.4 Å². The molecule has 13 heteroatoms. The third-order valence-corrected chi connectivity index (χ3v) is 8.51. The van der Waals surface area contributed by atoms with Crippen molar-refractivity contribution >= 4 is 33.3 Å². The van der Waals surface area contributed by atoms with Crippen molar-refractivity contribution in [1.29, 1.82) is 0 Å². The molecule has 0 spiro atoms. The van der Waals surface area contributed by atoms with E-state index < -0.39 is 28.1 Å². The summed E-state index contributed by atoms with van der Waals surface area (Å²) in [5.74, 6) is -3.91. The van der Waals surface area contributed by atoms with Crippen LogP contribution in [0.3, 0.4) is 0 Å². The molecule has 0 aromatic heterocycles. The van der Waals surface area contributed by atoms with E-state index in [1.807, 2.05) is 6.92 Å². The van der Waals surface area contributed by atoms with Crippen LogP contribution in [0.2, 0.25) is 0 Å². The van der Waals surface area contributed by atoms with E-state index in [1.54, 1.807) is 42.5 Å². The van der Waals surface area contributed by atoms with Crippen LogP contribution in [0.5, 0.6) is 0 Å². The van der Waals surface area contributed by atoms with Crippen molar-refractivity contribution in [2.45, 2.75) is 62.6 Å². The molecule has 2 aromatic carbocycles. The minimum absolute atomic E-state index is 0.0454. The van der Waals surface area contributed by atoms with Gasteiger partial charge in [0, 0.05) is 37.9 Å². The van der Waals surface area contributed by atoms with Crippen molar-refractivity contribution in [2.24, 2.45) is 0 Å². The number of nitrogens with one attached hydrogen (secondary N) is 1. The number of halogens is 3. The molecule has 220 valence electrons. The normalized spacial score (nSPS) is 17.1. The third-order valence-electron chi connectivity index (χ3n) is 7.13. The zero-order valence-electron chi connectivity index (χ0n) is 22.2. The number of hydrogen-bond acceptors (Lipinski definition) is 6. The molecule has 9 nitrogen and oxygen atoms in total. The van der Waals surface area contributed by atoms with Crippen LogP contribution >= 0.6 is 0 Å². The van der Waals surface area contributed by atoms with E-state index in [2.05, 4.69) is 14.5 Å². The number of benzene rings is 2. The topological polar surface area (TPSA) is 127 Å². The van der Waals surface area contributed by atoms with Gasteiger partial charge in [-0.1, -0.05) is 38.3 Å². The molecule has 40 heavy (non-hydrogen) atoms. The fourth-order valence-corrected chi connectivity index (χ4v) is 5.97. The summed E-state index contributed by atoms with van der Waals surface area (Å²) in [5.41, 5.74) is 1.88. The Bertz CT molecular complexity index is 1270. The summed E-state index contributed by atoms with van der Waals surface area (Å²) in [6.45, 7) is 5.61. The summed E-state index contributed by atoms with van der Waals surface area (Å²) in [6.07, 6.45) is 2.25. The van der Waals surface area contributed by atoms with Crippen LogP contribution in [0, 0.1) is 0 Å². The first kappa shape index (κ1) is 31.2. The van der Waals surface area contributed by atoms with Gasteiger partial charge in [0.1, 0.15) is 0 Å².